The Hall–Kier alpha value is -2.37. The van der Waals surface area contributed by atoms with E-state index in [-0.39, 0.29) is 5.56 Å². The number of aromatic nitrogens is 2. The van der Waals surface area contributed by atoms with Crippen molar-refractivity contribution in [3.05, 3.63) is 33.7 Å². The zero-order valence-electron chi connectivity index (χ0n) is 13.7. The van der Waals surface area contributed by atoms with Gasteiger partial charge in [0.15, 0.2) is 0 Å². The lowest BCUT2D eigenvalue weighted by molar-refractivity contribution is 0.0741. The molecule has 1 N–H and O–H groups in total. The van der Waals surface area contributed by atoms with Crippen LogP contribution in [0.4, 0.5) is 0 Å². The Morgan fingerprint density at radius 2 is 2.30 bits per heavy atom. The van der Waals surface area contributed by atoms with Crippen LogP contribution in [0.15, 0.2) is 22.1 Å². The maximum atomic E-state index is 12.8. The van der Waals surface area contributed by atoms with Gasteiger partial charge < -0.3 is 9.94 Å². The summed E-state index contributed by atoms with van der Waals surface area (Å²) in [5, 5.41) is 12.6. The molecule has 0 aliphatic carbocycles. The molecule has 3 heterocycles. The number of fused-ring (bicyclic) bond motifs is 3. The van der Waals surface area contributed by atoms with Gasteiger partial charge in [0.25, 0.3) is 5.56 Å². The Labute approximate surface area is 134 Å². The Morgan fingerprint density at radius 1 is 1.52 bits per heavy atom. The van der Waals surface area contributed by atoms with E-state index in [4.69, 9.17) is 9.94 Å². The average Bonchev–Trinajstić information content (AvgIpc) is 2.53. The highest BCUT2D eigenvalue weighted by molar-refractivity contribution is 5.84. The fourth-order valence-corrected chi connectivity index (χ4v) is 3.14. The number of hydrogen-bond acceptors (Lipinski definition) is 5. The molecule has 6 nitrogen and oxygen atoms in total. The molecule has 0 radical (unpaired) electrons. The van der Waals surface area contributed by atoms with E-state index >= 15 is 0 Å². The van der Waals surface area contributed by atoms with Gasteiger partial charge in [-0.1, -0.05) is 0 Å². The van der Waals surface area contributed by atoms with Gasteiger partial charge in [-0.15, -0.1) is 5.16 Å². The summed E-state index contributed by atoms with van der Waals surface area (Å²) >= 11 is 0. The SMILES string of the molecule is CCn1c(=O)c2c(c3ccc(C)nc31)OC(C)(CC=NO)CC2. The van der Waals surface area contributed by atoms with Crippen molar-refractivity contribution < 1.29 is 9.94 Å². The van der Waals surface area contributed by atoms with Crippen LogP contribution >= 0.6 is 0 Å². The largest absolute Gasteiger partial charge is 0.486 e. The van der Waals surface area contributed by atoms with Gasteiger partial charge in [0.05, 0.1) is 10.9 Å². The maximum absolute atomic E-state index is 12.8. The van der Waals surface area contributed by atoms with E-state index in [1.54, 1.807) is 4.57 Å². The molecular weight excluding hydrogens is 294 g/mol. The van der Waals surface area contributed by atoms with Crippen LogP contribution in [0.5, 0.6) is 5.75 Å². The van der Waals surface area contributed by atoms with E-state index in [1.165, 1.54) is 6.21 Å². The summed E-state index contributed by atoms with van der Waals surface area (Å²) in [7, 11) is 0. The highest BCUT2D eigenvalue weighted by atomic mass is 16.5. The lowest BCUT2D eigenvalue weighted by atomic mass is 9.90. The number of ether oxygens (including phenoxy) is 1. The maximum Gasteiger partial charge on any atom is 0.259 e. The van der Waals surface area contributed by atoms with Crippen LogP contribution in [0, 0.1) is 6.92 Å². The number of aryl methyl sites for hydroxylation is 2. The first-order valence-corrected chi connectivity index (χ1v) is 7.87. The van der Waals surface area contributed by atoms with Crippen LogP contribution in [-0.4, -0.2) is 26.6 Å². The number of hydrogen-bond donors (Lipinski definition) is 1. The topological polar surface area (TPSA) is 76.7 Å². The first kappa shape index (κ1) is 15.5. The van der Waals surface area contributed by atoms with Gasteiger partial charge in [0.1, 0.15) is 17.0 Å². The van der Waals surface area contributed by atoms with Gasteiger partial charge in [0, 0.05) is 24.9 Å². The van der Waals surface area contributed by atoms with Gasteiger partial charge in [-0.25, -0.2) is 4.98 Å². The monoisotopic (exact) mass is 315 g/mol. The third-order valence-electron chi connectivity index (χ3n) is 4.47. The predicted octanol–water partition coefficient (Wildman–Crippen LogP) is 2.66. The Kier molecular flexibility index (Phi) is 3.83. The first-order valence-electron chi connectivity index (χ1n) is 7.87. The third kappa shape index (κ3) is 2.58. The standard InChI is InChI=1S/C17H21N3O3/c1-4-20-15-12(6-5-11(2)19-15)14-13(16(20)21)7-8-17(3,23-14)9-10-18-22/h5-6,10,22H,4,7-9H2,1-3H3. The van der Waals surface area contributed by atoms with Gasteiger partial charge >= 0.3 is 0 Å². The van der Waals surface area contributed by atoms with Crippen LogP contribution in [0.2, 0.25) is 0 Å². The summed E-state index contributed by atoms with van der Waals surface area (Å²) in [6, 6.07) is 3.89. The Morgan fingerprint density at radius 3 is 3.00 bits per heavy atom. The molecular formula is C17H21N3O3. The molecule has 23 heavy (non-hydrogen) atoms. The molecule has 1 aliphatic rings. The summed E-state index contributed by atoms with van der Waals surface area (Å²) in [6.07, 6.45) is 3.27. The van der Waals surface area contributed by atoms with Gasteiger partial charge in [-0.3, -0.25) is 9.36 Å². The first-order chi connectivity index (χ1) is 11.0. The van der Waals surface area contributed by atoms with E-state index in [2.05, 4.69) is 10.1 Å². The molecule has 0 bridgehead atoms. The number of pyridine rings is 2. The van der Waals surface area contributed by atoms with Gasteiger partial charge in [-0.05, 0) is 45.7 Å². The van der Waals surface area contributed by atoms with Crippen molar-refractivity contribution in [2.45, 2.75) is 52.2 Å². The quantitative estimate of drug-likeness (QED) is 0.537. The molecule has 0 saturated heterocycles. The molecule has 2 aromatic rings. The van der Waals surface area contributed by atoms with Crippen molar-refractivity contribution in [1.29, 1.82) is 0 Å². The minimum absolute atomic E-state index is 0.0222. The van der Waals surface area contributed by atoms with Crippen LogP contribution in [0.25, 0.3) is 11.0 Å². The zero-order chi connectivity index (χ0) is 16.6. The molecule has 0 fully saturated rings. The van der Waals surface area contributed by atoms with Crippen molar-refractivity contribution in [3.8, 4) is 5.75 Å². The Bertz CT molecular complexity index is 841. The smallest absolute Gasteiger partial charge is 0.259 e. The van der Waals surface area contributed by atoms with Gasteiger partial charge in [-0.2, -0.15) is 0 Å². The lowest BCUT2D eigenvalue weighted by Crippen LogP contribution is -2.40. The van der Waals surface area contributed by atoms with Crippen LogP contribution in [0.1, 0.15) is 37.9 Å². The number of oxime groups is 1. The van der Waals surface area contributed by atoms with E-state index in [0.29, 0.717) is 42.8 Å². The highest BCUT2D eigenvalue weighted by Crippen LogP contribution is 2.37. The summed E-state index contributed by atoms with van der Waals surface area (Å²) in [5.74, 6) is 0.627. The molecule has 0 amide bonds. The summed E-state index contributed by atoms with van der Waals surface area (Å²) in [5.41, 5.74) is 1.73. The second kappa shape index (κ2) is 5.68. The fourth-order valence-electron chi connectivity index (χ4n) is 3.14. The van der Waals surface area contributed by atoms with Crippen LogP contribution < -0.4 is 10.3 Å². The van der Waals surface area contributed by atoms with E-state index in [1.807, 2.05) is 32.9 Å². The van der Waals surface area contributed by atoms with Gasteiger partial charge in [0.2, 0.25) is 0 Å². The van der Waals surface area contributed by atoms with Crippen molar-refractivity contribution in [2.24, 2.45) is 5.16 Å². The summed E-state index contributed by atoms with van der Waals surface area (Å²) < 4.78 is 7.91. The summed E-state index contributed by atoms with van der Waals surface area (Å²) in [4.78, 5) is 17.3. The molecule has 2 aromatic heterocycles. The minimum Gasteiger partial charge on any atom is -0.486 e. The second-order valence-electron chi connectivity index (χ2n) is 6.24. The van der Waals surface area contributed by atoms with Crippen LogP contribution in [0.3, 0.4) is 0 Å². The van der Waals surface area contributed by atoms with E-state index in [0.717, 1.165) is 11.1 Å². The van der Waals surface area contributed by atoms with Crippen molar-refractivity contribution >= 4 is 17.2 Å². The predicted molar refractivity (Wildman–Crippen MR) is 88.7 cm³/mol. The highest BCUT2D eigenvalue weighted by Gasteiger charge is 2.34. The fraction of sp³-hybridized carbons (Fsp3) is 0.471. The molecule has 122 valence electrons. The Balaban J connectivity index is 2.23. The van der Waals surface area contributed by atoms with E-state index in [9.17, 15) is 4.79 Å². The third-order valence-corrected chi connectivity index (χ3v) is 4.47. The average molecular weight is 315 g/mol. The number of rotatable bonds is 3. The molecule has 0 saturated carbocycles. The van der Waals surface area contributed by atoms with Crippen molar-refractivity contribution in [1.82, 2.24) is 9.55 Å². The molecule has 6 heteroatoms. The lowest BCUT2D eigenvalue weighted by Gasteiger charge is -2.35. The normalized spacial score (nSPS) is 20.7. The number of nitrogens with zero attached hydrogens (tertiary/aromatic N) is 3. The second-order valence-corrected chi connectivity index (χ2v) is 6.24. The molecule has 1 atom stereocenters. The van der Waals surface area contributed by atoms with Crippen molar-refractivity contribution in [3.63, 3.8) is 0 Å². The molecule has 1 unspecified atom stereocenters. The zero-order valence-corrected chi connectivity index (χ0v) is 13.7. The summed E-state index contributed by atoms with van der Waals surface area (Å²) in [6.45, 7) is 6.40. The van der Waals surface area contributed by atoms with Crippen molar-refractivity contribution in [2.75, 3.05) is 0 Å². The molecule has 0 aromatic carbocycles. The molecule has 1 aliphatic heterocycles. The molecule has 3 rings (SSSR count). The van der Waals surface area contributed by atoms with E-state index < -0.39 is 5.60 Å². The van der Waals surface area contributed by atoms with Crippen LogP contribution in [-0.2, 0) is 13.0 Å². The molecule has 0 spiro atoms. The minimum atomic E-state index is -0.484.